The minimum atomic E-state index is -5.22. The summed E-state index contributed by atoms with van der Waals surface area (Å²) in [4.78, 5) is 76.8. The number of hydrogen-bond donors (Lipinski definition) is 0. The van der Waals surface area contributed by atoms with E-state index < -0.39 is 71.1 Å². The van der Waals surface area contributed by atoms with E-state index in [2.05, 4.69) is 19.1 Å². The molecule has 324 valence electrons. The number of ether oxygens (including phenoxy) is 2. The summed E-state index contributed by atoms with van der Waals surface area (Å²) in [6.07, 6.45) is 9.79. The first-order chi connectivity index (χ1) is 28.0. The summed E-state index contributed by atoms with van der Waals surface area (Å²) in [5.41, 5.74) is 2.47. The van der Waals surface area contributed by atoms with Gasteiger partial charge >= 0.3 is 17.6 Å². The summed E-state index contributed by atoms with van der Waals surface area (Å²) in [7, 11) is -10.4. The zero-order valence-electron chi connectivity index (χ0n) is 35.4. The summed E-state index contributed by atoms with van der Waals surface area (Å²) in [5, 5.41) is -1.81. The van der Waals surface area contributed by atoms with Crippen LogP contribution in [0.1, 0.15) is 148 Å². The average molecular weight is 857 g/mol. The number of carbonyl (C=O) groups is 6. The summed E-state index contributed by atoms with van der Waals surface area (Å²) in [6, 6.07) is 15.8. The van der Waals surface area contributed by atoms with Crippen molar-refractivity contribution in [3.8, 4) is 11.5 Å². The van der Waals surface area contributed by atoms with E-state index in [4.69, 9.17) is 36.0 Å². The highest BCUT2D eigenvalue weighted by atomic mass is 28.5. The molecular formula is C43H60O14Si2. The SMILES string of the molecule is CC(=O)O[Si](OC(C)=O)(OC(C)=O)C(CC(CCCOc1ccc(C2CCCCC2)cc1)Oc1ccc(C2CCC(C)CC2)cc1)[Si](OC(C)=O)(OC(C)=O)OC(C)=O. The molecule has 0 heterocycles. The molecule has 2 aliphatic carbocycles. The van der Waals surface area contributed by atoms with Gasteiger partial charge in [0.15, 0.2) is 5.16 Å². The second-order valence-corrected chi connectivity index (χ2v) is 21.3. The van der Waals surface area contributed by atoms with Gasteiger partial charge < -0.3 is 36.0 Å². The van der Waals surface area contributed by atoms with Crippen LogP contribution in [0.25, 0.3) is 0 Å². The molecule has 2 aromatic carbocycles. The fourth-order valence-electron chi connectivity index (χ4n) is 8.12. The molecule has 2 fully saturated rings. The molecular weight excluding hydrogens is 797 g/mol. The van der Waals surface area contributed by atoms with Gasteiger partial charge in [-0.2, -0.15) is 0 Å². The van der Waals surface area contributed by atoms with Crippen molar-refractivity contribution >= 4 is 53.4 Å². The Kier molecular flexibility index (Phi) is 17.6. The van der Waals surface area contributed by atoms with Crippen molar-refractivity contribution in [1.29, 1.82) is 0 Å². The quantitative estimate of drug-likeness (QED) is 0.0976. The van der Waals surface area contributed by atoms with Crippen LogP contribution in [0.15, 0.2) is 48.5 Å². The van der Waals surface area contributed by atoms with Crippen molar-refractivity contribution in [3.05, 3.63) is 59.7 Å². The fraction of sp³-hybridized carbons (Fsp3) is 0.581. The molecule has 14 nitrogen and oxygen atoms in total. The molecule has 0 radical (unpaired) electrons. The molecule has 0 spiro atoms. The van der Waals surface area contributed by atoms with Crippen LogP contribution in [0.2, 0.25) is 5.16 Å². The summed E-state index contributed by atoms with van der Waals surface area (Å²) < 4.78 is 46.6. The van der Waals surface area contributed by atoms with Gasteiger partial charge in [-0.05, 0) is 91.7 Å². The van der Waals surface area contributed by atoms with Crippen LogP contribution in [0.5, 0.6) is 11.5 Å². The minimum Gasteiger partial charge on any atom is -0.494 e. The molecule has 2 saturated carbocycles. The Labute approximate surface area is 349 Å². The first-order valence-electron chi connectivity index (χ1n) is 20.7. The molecule has 2 aromatic rings. The van der Waals surface area contributed by atoms with Crippen LogP contribution >= 0.6 is 0 Å². The minimum absolute atomic E-state index is 0.217. The second kappa shape index (κ2) is 22.1. The van der Waals surface area contributed by atoms with Gasteiger partial charge in [0.05, 0.1) is 12.7 Å². The van der Waals surface area contributed by atoms with Crippen molar-refractivity contribution in [2.75, 3.05) is 6.61 Å². The molecule has 4 rings (SSSR count). The third kappa shape index (κ3) is 14.5. The van der Waals surface area contributed by atoms with E-state index in [-0.39, 0.29) is 13.0 Å². The fourth-order valence-corrected chi connectivity index (χ4v) is 15.5. The molecule has 2 aliphatic rings. The lowest BCUT2D eigenvalue weighted by Crippen LogP contribution is -2.67. The first-order valence-corrected chi connectivity index (χ1v) is 24.3. The zero-order chi connectivity index (χ0) is 43.2. The lowest BCUT2D eigenvalue weighted by Gasteiger charge is -2.39. The van der Waals surface area contributed by atoms with E-state index in [9.17, 15) is 28.8 Å². The van der Waals surface area contributed by atoms with Gasteiger partial charge in [-0.1, -0.05) is 63.3 Å². The van der Waals surface area contributed by atoms with Crippen molar-refractivity contribution in [2.45, 2.75) is 149 Å². The van der Waals surface area contributed by atoms with Gasteiger partial charge in [0.2, 0.25) is 0 Å². The normalized spacial score (nSPS) is 17.8. The van der Waals surface area contributed by atoms with E-state index in [0.717, 1.165) is 67.2 Å². The number of rotatable bonds is 19. The van der Waals surface area contributed by atoms with Crippen LogP contribution in [0.4, 0.5) is 0 Å². The molecule has 0 N–H and O–H groups in total. The van der Waals surface area contributed by atoms with Crippen molar-refractivity contribution in [1.82, 2.24) is 0 Å². The smallest absolute Gasteiger partial charge is 0.494 e. The van der Waals surface area contributed by atoms with Gasteiger partial charge in [-0.3, -0.25) is 28.8 Å². The number of benzene rings is 2. The Morgan fingerprint density at radius 3 is 1.34 bits per heavy atom. The lowest BCUT2D eigenvalue weighted by atomic mass is 9.79. The molecule has 1 unspecified atom stereocenters. The highest BCUT2D eigenvalue weighted by molar-refractivity contribution is 6.86. The third-order valence-electron chi connectivity index (χ3n) is 10.6. The second-order valence-electron chi connectivity index (χ2n) is 15.7. The largest absolute Gasteiger partial charge is 0.716 e. The summed E-state index contributed by atoms with van der Waals surface area (Å²) in [6.45, 7) is 8.43. The molecule has 0 aliphatic heterocycles. The molecule has 0 bridgehead atoms. The van der Waals surface area contributed by atoms with Crippen LogP contribution < -0.4 is 9.47 Å². The van der Waals surface area contributed by atoms with Gasteiger partial charge in [0.1, 0.15) is 11.5 Å². The Morgan fingerprint density at radius 2 is 0.932 bits per heavy atom. The average Bonchev–Trinajstić information content (AvgIpc) is 3.15. The van der Waals surface area contributed by atoms with Crippen LogP contribution in [-0.4, -0.2) is 66.1 Å². The van der Waals surface area contributed by atoms with E-state index in [1.165, 1.54) is 43.2 Å². The number of carbonyl (C=O) groups excluding carboxylic acids is 6. The van der Waals surface area contributed by atoms with E-state index in [1.54, 1.807) is 0 Å². The summed E-state index contributed by atoms with van der Waals surface area (Å²) >= 11 is 0. The predicted molar refractivity (Wildman–Crippen MR) is 219 cm³/mol. The summed E-state index contributed by atoms with van der Waals surface area (Å²) in [5.74, 6) is -3.50. The highest BCUT2D eigenvalue weighted by Crippen LogP contribution is 2.43. The topological polar surface area (TPSA) is 176 Å². The Bertz CT molecular complexity index is 1600. The van der Waals surface area contributed by atoms with Crippen molar-refractivity contribution in [2.24, 2.45) is 5.92 Å². The first kappa shape index (κ1) is 47.0. The number of hydrogen-bond acceptors (Lipinski definition) is 14. The Morgan fingerprint density at radius 1 is 0.542 bits per heavy atom. The van der Waals surface area contributed by atoms with Crippen LogP contribution in [0, 0.1) is 5.92 Å². The monoisotopic (exact) mass is 856 g/mol. The molecule has 59 heavy (non-hydrogen) atoms. The maximum Gasteiger partial charge on any atom is 0.716 e. The Balaban J connectivity index is 1.74. The molecule has 0 saturated heterocycles. The maximum absolute atomic E-state index is 12.8. The van der Waals surface area contributed by atoms with Gasteiger partial charge in [0.25, 0.3) is 35.8 Å². The van der Waals surface area contributed by atoms with Gasteiger partial charge in [-0.15, -0.1) is 0 Å². The zero-order valence-corrected chi connectivity index (χ0v) is 37.4. The van der Waals surface area contributed by atoms with Crippen molar-refractivity contribution in [3.63, 3.8) is 0 Å². The van der Waals surface area contributed by atoms with Gasteiger partial charge in [-0.25, -0.2) is 0 Å². The molecule has 1 atom stereocenters. The lowest BCUT2D eigenvalue weighted by molar-refractivity contribution is -0.148. The molecule has 0 amide bonds. The molecule has 16 heteroatoms. The molecule has 0 aromatic heterocycles. The third-order valence-corrected chi connectivity index (χ3v) is 18.4. The van der Waals surface area contributed by atoms with E-state index >= 15 is 0 Å². The highest BCUT2D eigenvalue weighted by Gasteiger charge is 2.77. The van der Waals surface area contributed by atoms with Crippen LogP contribution in [0.3, 0.4) is 0 Å². The van der Waals surface area contributed by atoms with E-state index in [1.807, 2.05) is 36.4 Å². The van der Waals surface area contributed by atoms with E-state index in [0.29, 0.717) is 35.7 Å². The van der Waals surface area contributed by atoms with Crippen molar-refractivity contribution < 1.29 is 64.8 Å². The van der Waals surface area contributed by atoms with Gasteiger partial charge in [0, 0.05) is 48.0 Å². The maximum atomic E-state index is 12.8. The standard InChI is InChI=1S/C43H60O14Si2/c1-29-15-17-37(18-16-29)39-21-25-41(26-22-39)51-42(14-11-27-50-40-23-19-38(20-24-40)36-12-9-8-10-13-36)28-43(58(52-30(2)44,53-31(3)45)54-32(4)46)59(55-33(5)47,56-34(6)48)57-35(7)49/h19-26,29,36-37,42-43H,8-18,27-28H2,1-7H3. The predicted octanol–water partition coefficient (Wildman–Crippen LogP) is 8.19. The van der Waals surface area contributed by atoms with Crippen LogP contribution in [-0.2, 0) is 55.3 Å². The Hall–Kier alpha value is -4.71.